The topological polar surface area (TPSA) is 61.9 Å². The van der Waals surface area contributed by atoms with Crippen molar-refractivity contribution in [2.75, 3.05) is 31.1 Å². The predicted molar refractivity (Wildman–Crippen MR) is 115 cm³/mol. The van der Waals surface area contributed by atoms with Crippen molar-refractivity contribution in [3.63, 3.8) is 0 Å². The summed E-state index contributed by atoms with van der Waals surface area (Å²) >= 11 is 3.51. The summed E-state index contributed by atoms with van der Waals surface area (Å²) in [5.74, 6) is 0.747. The lowest BCUT2D eigenvalue weighted by atomic mass is 9.96. The number of carbonyl (C=O) groups is 2. The van der Waals surface area contributed by atoms with Gasteiger partial charge in [0.2, 0.25) is 5.91 Å². The van der Waals surface area contributed by atoms with Crippen molar-refractivity contribution in [3.8, 4) is 5.75 Å². The molecule has 7 heteroatoms. The summed E-state index contributed by atoms with van der Waals surface area (Å²) < 4.78 is 6.63. The molecule has 2 aliphatic rings. The van der Waals surface area contributed by atoms with Crippen LogP contribution in [0.3, 0.4) is 0 Å². The maximum Gasteiger partial charge on any atom is 0.324 e. The number of rotatable bonds is 3. The Kier molecular flexibility index (Phi) is 6.04. The highest BCUT2D eigenvalue weighted by molar-refractivity contribution is 9.10. The summed E-state index contributed by atoms with van der Waals surface area (Å²) in [5.41, 5.74) is 1.87. The number of para-hydroxylation sites is 2. The molecule has 2 heterocycles. The van der Waals surface area contributed by atoms with Crippen LogP contribution >= 0.6 is 15.9 Å². The normalized spacial score (nSPS) is 16.7. The zero-order chi connectivity index (χ0) is 20.2. The van der Waals surface area contributed by atoms with Crippen LogP contribution in [0.1, 0.15) is 18.4 Å². The molecule has 3 amide bonds. The highest BCUT2D eigenvalue weighted by atomic mass is 79.9. The number of hydrogen-bond donors (Lipinski definition) is 1. The Morgan fingerprint density at radius 3 is 2.55 bits per heavy atom. The largest absolute Gasteiger partial charge is 0.490 e. The van der Waals surface area contributed by atoms with Crippen molar-refractivity contribution in [1.82, 2.24) is 10.2 Å². The molecule has 1 N–H and O–H groups in total. The molecule has 0 radical (unpaired) electrons. The van der Waals surface area contributed by atoms with Crippen LogP contribution in [0.15, 0.2) is 53.0 Å². The number of benzene rings is 2. The van der Waals surface area contributed by atoms with Crippen molar-refractivity contribution in [2.24, 2.45) is 5.92 Å². The van der Waals surface area contributed by atoms with E-state index in [-0.39, 0.29) is 17.9 Å². The first kappa shape index (κ1) is 19.8. The van der Waals surface area contributed by atoms with Crippen LogP contribution in [0.2, 0.25) is 0 Å². The van der Waals surface area contributed by atoms with E-state index in [0.29, 0.717) is 45.6 Å². The molecule has 4 rings (SSSR count). The van der Waals surface area contributed by atoms with Gasteiger partial charge in [-0.2, -0.15) is 0 Å². The van der Waals surface area contributed by atoms with Crippen molar-refractivity contribution < 1.29 is 14.3 Å². The number of urea groups is 1. The van der Waals surface area contributed by atoms with Crippen molar-refractivity contribution in [3.05, 3.63) is 58.6 Å². The Balaban J connectivity index is 1.31. The Morgan fingerprint density at radius 2 is 1.76 bits per heavy atom. The van der Waals surface area contributed by atoms with Gasteiger partial charge in [0.25, 0.3) is 0 Å². The molecule has 0 aromatic heterocycles. The Hall–Kier alpha value is -2.54. The summed E-state index contributed by atoms with van der Waals surface area (Å²) in [6.45, 7) is 2.72. The minimum Gasteiger partial charge on any atom is -0.490 e. The molecular weight excluding hydrogens is 434 g/mol. The maximum absolute atomic E-state index is 13.0. The van der Waals surface area contributed by atoms with Gasteiger partial charge >= 0.3 is 6.03 Å². The smallest absolute Gasteiger partial charge is 0.324 e. The third kappa shape index (κ3) is 4.40. The number of hydrogen-bond acceptors (Lipinski definition) is 3. The molecule has 2 aliphatic heterocycles. The molecule has 0 aliphatic carbocycles. The highest BCUT2D eigenvalue weighted by Gasteiger charge is 2.32. The molecule has 6 nitrogen and oxygen atoms in total. The summed E-state index contributed by atoms with van der Waals surface area (Å²) in [7, 11) is 0. The van der Waals surface area contributed by atoms with E-state index in [2.05, 4.69) is 21.2 Å². The van der Waals surface area contributed by atoms with Gasteiger partial charge in [0, 0.05) is 30.0 Å². The number of halogens is 1. The Labute approximate surface area is 178 Å². The van der Waals surface area contributed by atoms with Crippen LogP contribution in [0, 0.1) is 5.92 Å². The van der Waals surface area contributed by atoms with Gasteiger partial charge in [-0.15, -0.1) is 0 Å². The van der Waals surface area contributed by atoms with Gasteiger partial charge in [-0.05, 0) is 36.6 Å². The second-order valence-corrected chi connectivity index (χ2v) is 8.18. The molecule has 0 unspecified atom stereocenters. The minimum atomic E-state index is -0.0569. The first-order valence-corrected chi connectivity index (χ1v) is 10.7. The second kappa shape index (κ2) is 8.86. The molecule has 1 saturated heterocycles. The van der Waals surface area contributed by atoms with Crippen molar-refractivity contribution >= 4 is 33.6 Å². The number of nitrogens with one attached hydrogen (secondary N) is 1. The Morgan fingerprint density at radius 1 is 1.03 bits per heavy atom. The minimum absolute atomic E-state index is 0.00664. The van der Waals surface area contributed by atoms with Gasteiger partial charge in [0.1, 0.15) is 12.4 Å². The zero-order valence-electron chi connectivity index (χ0n) is 16.1. The van der Waals surface area contributed by atoms with Crippen LogP contribution in [0.4, 0.5) is 10.5 Å². The van der Waals surface area contributed by atoms with E-state index in [1.165, 1.54) is 0 Å². The van der Waals surface area contributed by atoms with Crippen LogP contribution in [-0.2, 0) is 11.3 Å². The second-order valence-electron chi connectivity index (χ2n) is 7.32. The maximum atomic E-state index is 13.0. The number of ether oxygens (including phenoxy) is 1. The van der Waals surface area contributed by atoms with E-state index in [1.807, 2.05) is 53.4 Å². The van der Waals surface area contributed by atoms with Crippen LogP contribution in [0.25, 0.3) is 0 Å². The number of fused-ring (bicyclic) bond motifs is 1. The molecule has 152 valence electrons. The number of amides is 3. The van der Waals surface area contributed by atoms with Crippen LogP contribution in [-0.4, -0.2) is 43.1 Å². The van der Waals surface area contributed by atoms with Crippen LogP contribution < -0.4 is 15.0 Å². The number of anilines is 1. The zero-order valence-corrected chi connectivity index (χ0v) is 17.7. The number of nitrogens with zero attached hydrogens (tertiary/aromatic N) is 2. The molecule has 0 spiro atoms. The summed E-state index contributed by atoms with van der Waals surface area (Å²) in [4.78, 5) is 29.2. The average Bonchev–Trinajstić information content (AvgIpc) is 2.77. The first-order chi connectivity index (χ1) is 14.1. The number of piperidine rings is 1. The van der Waals surface area contributed by atoms with Gasteiger partial charge in [-0.25, -0.2) is 4.79 Å². The van der Waals surface area contributed by atoms with E-state index in [0.717, 1.165) is 21.5 Å². The molecule has 0 saturated carbocycles. The molecule has 29 heavy (non-hydrogen) atoms. The quantitative estimate of drug-likeness (QED) is 0.762. The Bertz CT molecular complexity index is 896. The molecule has 2 aromatic rings. The molecular formula is C22H24BrN3O3. The van der Waals surface area contributed by atoms with E-state index in [4.69, 9.17) is 4.74 Å². The fourth-order valence-electron chi connectivity index (χ4n) is 3.84. The van der Waals surface area contributed by atoms with Crippen LogP contribution in [0.5, 0.6) is 5.75 Å². The van der Waals surface area contributed by atoms with E-state index in [1.54, 1.807) is 4.90 Å². The van der Waals surface area contributed by atoms with Gasteiger partial charge in [0.05, 0.1) is 12.2 Å². The lowest BCUT2D eigenvalue weighted by molar-refractivity contribution is -0.126. The average molecular weight is 458 g/mol. The lowest BCUT2D eigenvalue weighted by Gasteiger charge is -2.37. The lowest BCUT2D eigenvalue weighted by Crippen LogP contribution is -2.50. The highest BCUT2D eigenvalue weighted by Crippen LogP contribution is 2.32. The number of likely N-dealkylation sites (tertiary alicyclic amines) is 1. The fourth-order valence-corrected chi connectivity index (χ4v) is 4.27. The van der Waals surface area contributed by atoms with E-state index < -0.39 is 0 Å². The van der Waals surface area contributed by atoms with E-state index >= 15 is 0 Å². The summed E-state index contributed by atoms with van der Waals surface area (Å²) in [6, 6.07) is 15.5. The van der Waals surface area contributed by atoms with Crippen molar-refractivity contribution in [2.45, 2.75) is 19.4 Å². The first-order valence-electron chi connectivity index (χ1n) is 9.93. The summed E-state index contributed by atoms with van der Waals surface area (Å²) in [5, 5.41) is 3.03. The van der Waals surface area contributed by atoms with Gasteiger partial charge in [0.15, 0.2) is 0 Å². The molecule has 1 fully saturated rings. The predicted octanol–water partition coefficient (Wildman–Crippen LogP) is 3.80. The molecule has 2 aromatic carbocycles. The molecule has 0 atom stereocenters. The fraction of sp³-hybridized carbons (Fsp3) is 0.364. The molecule has 0 bridgehead atoms. The monoisotopic (exact) mass is 457 g/mol. The van der Waals surface area contributed by atoms with Gasteiger partial charge in [-0.1, -0.05) is 46.3 Å². The summed E-state index contributed by atoms with van der Waals surface area (Å²) in [6.07, 6.45) is 1.36. The number of carbonyl (C=O) groups excluding carboxylic acids is 2. The standard InChI is InChI=1S/C22H24BrN3O3/c23-18-6-2-1-5-17(18)15-24-21(27)16-9-11-25(12-10-16)22(28)26-13-14-29-20-8-4-3-7-19(20)26/h1-8,16H,9-15H2,(H,24,27). The SMILES string of the molecule is O=C(NCc1ccccc1Br)C1CCN(C(=O)N2CCOc3ccccc32)CC1. The van der Waals surface area contributed by atoms with Gasteiger partial charge in [-0.3, -0.25) is 9.69 Å². The van der Waals surface area contributed by atoms with Crippen molar-refractivity contribution in [1.29, 1.82) is 0 Å². The van der Waals surface area contributed by atoms with E-state index in [9.17, 15) is 9.59 Å². The third-order valence-electron chi connectivity index (χ3n) is 5.51. The van der Waals surface area contributed by atoms with Gasteiger partial charge < -0.3 is 15.0 Å². The third-order valence-corrected chi connectivity index (χ3v) is 6.28.